The van der Waals surface area contributed by atoms with Crippen molar-refractivity contribution in [2.45, 2.75) is 18.9 Å². The number of hydrogen-bond donors (Lipinski definition) is 1. The lowest BCUT2D eigenvalue weighted by Crippen LogP contribution is -2.46. The molecule has 1 amide bonds. The summed E-state index contributed by atoms with van der Waals surface area (Å²) in [7, 11) is 3.08. The molecule has 8 heteroatoms. The van der Waals surface area contributed by atoms with Gasteiger partial charge in [-0.2, -0.15) is 0 Å². The number of amides is 1. The summed E-state index contributed by atoms with van der Waals surface area (Å²) in [5.74, 6) is -0.124. The summed E-state index contributed by atoms with van der Waals surface area (Å²) in [6.07, 6.45) is 0.876. The van der Waals surface area contributed by atoms with Crippen LogP contribution in [0.5, 0.6) is 17.2 Å². The summed E-state index contributed by atoms with van der Waals surface area (Å²) in [6, 6.07) is 19.3. The third-order valence-electron chi connectivity index (χ3n) is 6.44. The van der Waals surface area contributed by atoms with E-state index in [9.17, 15) is 9.59 Å². The molecule has 3 aromatic rings. The first-order valence-electron chi connectivity index (χ1n) is 11.7. The number of nitrogens with zero attached hydrogens (tertiary/aromatic N) is 1. The maximum absolute atomic E-state index is 14.1. The summed E-state index contributed by atoms with van der Waals surface area (Å²) in [4.78, 5) is 33.6. The second kappa shape index (κ2) is 9.37. The molecule has 0 aromatic heterocycles. The summed E-state index contributed by atoms with van der Waals surface area (Å²) in [5.41, 5.74) is 0.743. The van der Waals surface area contributed by atoms with Crippen LogP contribution in [0.15, 0.2) is 71.9 Å². The normalized spacial score (nSPS) is 19.8. The second-order valence-corrected chi connectivity index (χ2v) is 8.54. The molecular formula is C28H26N2O6. The van der Waals surface area contributed by atoms with Crippen molar-refractivity contribution < 1.29 is 28.6 Å². The van der Waals surface area contributed by atoms with E-state index in [-0.39, 0.29) is 5.78 Å². The average molecular weight is 487 g/mol. The van der Waals surface area contributed by atoms with E-state index in [4.69, 9.17) is 19.0 Å². The van der Waals surface area contributed by atoms with Crippen LogP contribution < -0.4 is 19.5 Å². The van der Waals surface area contributed by atoms with Crippen molar-refractivity contribution in [3.63, 3.8) is 0 Å². The van der Waals surface area contributed by atoms with Gasteiger partial charge in [0.15, 0.2) is 5.78 Å². The molecule has 0 aliphatic carbocycles. The fourth-order valence-electron chi connectivity index (χ4n) is 4.68. The van der Waals surface area contributed by atoms with Crippen molar-refractivity contribution in [3.05, 3.63) is 83.4 Å². The quantitative estimate of drug-likeness (QED) is 0.469. The van der Waals surface area contributed by atoms with Crippen molar-refractivity contribution in [3.8, 4) is 17.2 Å². The minimum Gasteiger partial charge on any atom is -0.497 e. The number of anilines is 1. The van der Waals surface area contributed by atoms with E-state index in [0.717, 1.165) is 6.42 Å². The molecular weight excluding hydrogens is 460 g/mol. The first kappa shape index (κ1) is 23.4. The van der Waals surface area contributed by atoms with Gasteiger partial charge in [-0.05, 0) is 48.9 Å². The number of Topliss-reactive ketones (excluding diaryl/α,β-unsaturated/α-hetero) is 1. The number of nitrogens with one attached hydrogen (secondary N) is 1. The Morgan fingerprint density at radius 2 is 1.78 bits per heavy atom. The Morgan fingerprint density at radius 1 is 1.03 bits per heavy atom. The molecule has 3 aromatic carbocycles. The molecule has 0 bridgehead atoms. The van der Waals surface area contributed by atoms with Crippen molar-refractivity contribution in [2.24, 2.45) is 11.1 Å². The zero-order chi connectivity index (χ0) is 25.3. The average Bonchev–Trinajstić information content (AvgIpc) is 3.45. The number of para-hydroxylation sites is 1. The number of ether oxygens (including phenoxy) is 3. The number of benzene rings is 3. The third-order valence-corrected chi connectivity index (χ3v) is 6.44. The highest BCUT2D eigenvalue weighted by molar-refractivity contribution is 6.25. The number of ketones is 1. The van der Waals surface area contributed by atoms with E-state index < -0.39 is 17.4 Å². The Morgan fingerprint density at radius 3 is 2.50 bits per heavy atom. The van der Waals surface area contributed by atoms with E-state index in [1.807, 2.05) is 13.0 Å². The van der Waals surface area contributed by atoms with E-state index in [2.05, 4.69) is 10.5 Å². The van der Waals surface area contributed by atoms with Crippen molar-refractivity contribution in [1.82, 2.24) is 0 Å². The van der Waals surface area contributed by atoms with Gasteiger partial charge in [0.1, 0.15) is 28.9 Å². The van der Waals surface area contributed by atoms with Gasteiger partial charge in [-0.1, -0.05) is 30.3 Å². The topological polar surface area (TPSA) is 95.5 Å². The SMILES string of the molecule is CCCOc1ccc(C(=O)[C@H]2C(c3ccc(OC)cc3OC)=NO[C@]23C(=O)Nc2ccccc23)cc1. The molecule has 0 unspecified atom stereocenters. The van der Waals surface area contributed by atoms with Crippen molar-refractivity contribution in [2.75, 3.05) is 26.1 Å². The molecule has 1 spiro atoms. The van der Waals surface area contributed by atoms with Crippen LogP contribution in [0.4, 0.5) is 5.69 Å². The second-order valence-electron chi connectivity index (χ2n) is 8.54. The number of carbonyl (C=O) groups excluding carboxylic acids is 2. The van der Waals surface area contributed by atoms with Gasteiger partial charge < -0.3 is 24.4 Å². The summed E-state index contributed by atoms with van der Waals surface area (Å²) < 4.78 is 16.6. The largest absolute Gasteiger partial charge is 0.497 e. The first-order chi connectivity index (χ1) is 17.5. The van der Waals surface area contributed by atoms with Gasteiger partial charge in [0.2, 0.25) is 0 Å². The lowest BCUT2D eigenvalue weighted by Gasteiger charge is -2.27. The van der Waals surface area contributed by atoms with E-state index in [1.165, 1.54) is 7.11 Å². The minimum absolute atomic E-state index is 0.303. The minimum atomic E-state index is -1.65. The highest BCUT2D eigenvalue weighted by Crippen LogP contribution is 2.50. The molecule has 0 saturated heterocycles. The fourth-order valence-corrected chi connectivity index (χ4v) is 4.68. The summed E-state index contributed by atoms with van der Waals surface area (Å²) >= 11 is 0. The number of hydrogen-bond acceptors (Lipinski definition) is 7. The predicted octanol–water partition coefficient (Wildman–Crippen LogP) is 4.57. The molecule has 8 nitrogen and oxygen atoms in total. The molecule has 1 N–H and O–H groups in total. The zero-order valence-electron chi connectivity index (χ0n) is 20.2. The third kappa shape index (κ3) is 3.66. The Kier molecular flexibility index (Phi) is 6.10. The molecule has 2 aliphatic heterocycles. The van der Waals surface area contributed by atoms with Crippen LogP contribution in [-0.4, -0.2) is 38.2 Å². The Bertz CT molecular complexity index is 1350. The summed E-state index contributed by atoms with van der Waals surface area (Å²) in [6.45, 7) is 2.61. The molecule has 0 fully saturated rings. The van der Waals surface area contributed by atoms with Crippen molar-refractivity contribution >= 4 is 23.1 Å². The van der Waals surface area contributed by atoms with Crippen LogP contribution in [0.1, 0.15) is 34.8 Å². The first-order valence-corrected chi connectivity index (χ1v) is 11.7. The van der Waals surface area contributed by atoms with Gasteiger partial charge in [0.25, 0.3) is 11.5 Å². The Hall–Kier alpha value is -4.33. The highest BCUT2D eigenvalue weighted by Gasteiger charge is 2.63. The maximum atomic E-state index is 14.1. The molecule has 0 saturated carbocycles. The molecule has 36 heavy (non-hydrogen) atoms. The van der Waals surface area contributed by atoms with Crippen LogP contribution in [0.3, 0.4) is 0 Å². The van der Waals surface area contributed by atoms with Crippen LogP contribution in [0.2, 0.25) is 0 Å². The molecule has 184 valence electrons. The number of oxime groups is 1. The molecule has 2 atom stereocenters. The van der Waals surface area contributed by atoms with Crippen LogP contribution in [0, 0.1) is 5.92 Å². The van der Waals surface area contributed by atoms with E-state index in [0.29, 0.717) is 51.9 Å². The number of fused-ring (bicyclic) bond motifs is 2. The standard InChI is InChI=1S/C28H26N2O6/c1-4-15-35-18-11-9-17(10-12-18)26(31)24-25(20-14-13-19(33-2)16-23(20)34-3)30-36-28(24)21-7-5-6-8-22(21)29-27(28)32/h5-14,16,24H,4,15H2,1-3H3,(H,29,32)/t24-,28+/m1/s1. The monoisotopic (exact) mass is 486 g/mol. The molecule has 2 aliphatic rings. The maximum Gasteiger partial charge on any atom is 0.277 e. The van der Waals surface area contributed by atoms with E-state index >= 15 is 0 Å². The molecule has 0 radical (unpaired) electrons. The highest BCUT2D eigenvalue weighted by atomic mass is 16.7. The van der Waals surface area contributed by atoms with Gasteiger partial charge in [0.05, 0.1) is 20.8 Å². The van der Waals surface area contributed by atoms with Crippen LogP contribution >= 0.6 is 0 Å². The smallest absolute Gasteiger partial charge is 0.277 e. The van der Waals surface area contributed by atoms with Gasteiger partial charge in [-0.3, -0.25) is 9.59 Å². The number of carbonyl (C=O) groups is 2. The molecule has 5 rings (SSSR count). The lowest BCUT2D eigenvalue weighted by molar-refractivity contribution is -0.140. The van der Waals surface area contributed by atoms with Crippen molar-refractivity contribution in [1.29, 1.82) is 0 Å². The van der Waals surface area contributed by atoms with Gasteiger partial charge >= 0.3 is 0 Å². The van der Waals surface area contributed by atoms with Gasteiger partial charge in [0, 0.05) is 28.4 Å². The molecule has 2 heterocycles. The fraction of sp³-hybridized carbons (Fsp3) is 0.250. The van der Waals surface area contributed by atoms with Crippen LogP contribution in [0.25, 0.3) is 0 Å². The summed E-state index contributed by atoms with van der Waals surface area (Å²) in [5, 5.41) is 7.19. The Balaban J connectivity index is 1.63. The van der Waals surface area contributed by atoms with Gasteiger partial charge in [-0.25, -0.2) is 0 Å². The number of methoxy groups -OCH3 is 2. The van der Waals surface area contributed by atoms with E-state index in [1.54, 1.807) is 67.8 Å². The van der Waals surface area contributed by atoms with Crippen LogP contribution in [-0.2, 0) is 15.2 Å². The number of rotatable bonds is 8. The Labute approximate surface area is 208 Å². The lowest BCUT2D eigenvalue weighted by atomic mass is 9.74. The predicted molar refractivity (Wildman–Crippen MR) is 134 cm³/mol. The zero-order valence-corrected chi connectivity index (χ0v) is 20.2. The van der Waals surface area contributed by atoms with Gasteiger partial charge in [-0.15, -0.1) is 0 Å².